The second-order valence-electron chi connectivity index (χ2n) is 8.00. The minimum absolute atomic E-state index is 0.0311. The van der Waals surface area contributed by atoms with Gasteiger partial charge in [-0.05, 0) is 38.1 Å². The predicted molar refractivity (Wildman–Crippen MR) is 137 cm³/mol. The number of benzene rings is 2. The highest BCUT2D eigenvalue weighted by Crippen LogP contribution is 2.20. The number of hydrogen-bond donors (Lipinski definition) is 0. The third kappa shape index (κ3) is 6.53. The van der Waals surface area contributed by atoms with Crippen molar-refractivity contribution in [1.82, 2.24) is 9.80 Å². The van der Waals surface area contributed by atoms with Crippen molar-refractivity contribution in [2.24, 2.45) is 4.40 Å². The zero-order chi connectivity index (χ0) is 24.9. The van der Waals surface area contributed by atoms with Crippen molar-refractivity contribution in [2.75, 3.05) is 37.9 Å². The first-order chi connectivity index (χ1) is 16.1. The van der Waals surface area contributed by atoms with Crippen LogP contribution in [0.4, 0.5) is 0 Å². The van der Waals surface area contributed by atoms with Crippen molar-refractivity contribution >= 4 is 48.9 Å². The number of alkyl halides is 2. The van der Waals surface area contributed by atoms with Gasteiger partial charge >= 0.3 is 0 Å². The van der Waals surface area contributed by atoms with E-state index in [1.54, 1.807) is 41.3 Å². The van der Waals surface area contributed by atoms with Gasteiger partial charge in [0, 0.05) is 31.9 Å². The maximum Gasteiger partial charge on any atom is 0.283 e. The van der Waals surface area contributed by atoms with E-state index in [1.807, 2.05) is 18.7 Å². The fourth-order valence-corrected chi connectivity index (χ4v) is 6.41. The lowest BCUT2D eigenvalue weighted by molar-refractivity contribution is 0.222. The van der Waals surface area contributed by atoms with Crippen LogP contribution in [0.2, 0.25) is 0 Å². The number of rotatable bonds is 7. The van der Waals surface area contributed by atoms with Crippen molar-refractivity contribution in [1.29, 1.82) is 0 Å². The molecule has 0 amide bonds. The molecule has 7 nitrogen and oxygen atoms in total. The molecule has 0 radical (unpaired) electrons. The van der Waals surface area contributed by atoms with Crippen molar-refractivity contribution in [3.63, 3.8) is 0 Å². The first kappa shape index (κ1) is 26.5. The Hall–Kier alpha value is -2.07. The number of allylic oxidation sites excluding steroid dienone is 1. The van der Waals surface area contributed by atoms with Crippen molar-refractivity contribution in [3.8, 4) is 0 Å². The zero-order valence-electron chi connectivity index (χ0n) is 19.0. The summed E-state index contributed by atoms with van der Waals surface area (Å²) in [6.07, 6.45) is 0. The molecule has 2 aromatic carbocycles. The molecule has 0 aromatic heterocycles. The fourth-order valence-electron chi connectivity index (χ4n) is 3.49. The Labute approximate surface area is 211 Å². The first-order valence-electron chi connectivity index (χ1n) is 10.6. The van der Waals surface area contributed by atoms with E-state index in [0.717, 1.165) is 11.1 Å². The lowest BCUT2D eigenvalue weighted by Crippen LogP contribution is -2.49. The summed E-state index contributed by atoms with van der Waals surface area (Å²) < 4.78 is 55.0. The second-order valence-corrected chi connectivity index (χ2v) is 11.9. The number of sulfonamides is 1. The molecule has 2 aromatic rings. The standard InChI is InChI=1S/C23H27Cl2N3O4S2/c1-18-3-7-21(8-4-18)33(29,30)17-20(15-24)27-11-13-28(14-12-27)23(16-25)26-34(31,32)22-9-5-19(2)6-10-22/h3-10,17H,11-16H2,1-2H3/b20-17+,26-23+. The van der Waals surface area contributed by atoms with Crippen molar-refractivity contribution < 1.29 is 16.8 Å². The molecular formula is C23H27Cl2N3O4S2. The number of amidine groups is 1. The number of halogens is 2. The molecule has 34 heavy (non-hydrogen) atoms. The molecule has 0 N–H and O–H groups in total. The third-order valence-electron chi connectivity index (χ3n) is 5.49. The minimum atomic E-state index is -3.89. The number of nitrogens with zero attached hydrogens (tertiary/aromatic N) is 3. The van der Waals surface area contributed by atoms with Gasteiger partial charge in [0.2, 0.25) is 9.84 Å². The number of sulfone groups is 1. The fraction of sp³-hybridized carbons (Fsp3) is 0.348. The van der Waals surface area contributed by atoms with Crippen LogP contribution in [-0.4, -0.2) is 70.4 Å². The van der Waals surface area contributed by atoms with Gasteiger partial charge in [-0.2, -0.15) is 8.42 Å². The van der Waals surface area contributed by atoms with Crippen molar-refractivity contribution in [3.05, 3.63) is 70.8 Å². The summed E-state index contributed by atoms with van der Waals surface area (Å²) in [5.74, 6) is 0.222. The summed E-state index contributed by atoms with van der Waals surface area (Å²) in [4.78, 5) is 4.00. The van der Waals surface area contributed by atoms with Crippen LogP contribution in [0.15, 0.2) is 73.8 Å². The van der Waals surface area contributed by atoms with Crippen LogP contribution in [0.3, 0.4) is 0 Å². The van der Waals surface area contributed by atoms with E-state index in [-0.39, 0.29) is 27.4 Å². The molecule has 0 spiro atoms. The van der Waals surface area contributed by atoms with Gasteiger partial charge in [0.15, 0.2) is 0 Å². The van der Waals surface area contributed by atoms with Crippen LogP contribution in [0.25, 0.3) is 0 Å². The van der Waals surface area contributed by atoms with Gasteiger partial charge in [-0.1, -0.05) is 35.4 Å². The van der Waals surface area contributed by atoms with E-state index in [2.05, 4.69) is 4.40 Å². The first-order valence-corrected chi connectivity index (χ1v) is 14.7. The lowest BCUT2D eigenvalue weighted by atomic mass is 10.2. The van der Waals surface area contributed by atoms with Gasteiger partial charge in [0.25, 0.3) is 10.0 Å². The van der Waals surface area contributed by atoms with Gasteiger partial charge in [0.05, 0.1) is 27.0 Å². The van der Waals surface area contributed by atoms with Gasteiger partial charge in [-0.3, -0.25) is 0 Å². The van der Waals surface area contributed by atoms with Crippen LogP contribution in [0.5, 0.6) is 0 Å². The van der Waals surface area contributed by atoms with Crippen LogP contribution in [0.1, 0.15) is 11.1 Å². The highest BCUT2D eigenvalue weighted by Gasteiger charge is 2.24. The van der Waals surface area contributed by atoms with E-state index in [9.17, 15) is 16.8 Å². The Morgan fingerprint density at radius 1 is 0.794 bits per heavy atom. The van der Waals surface area contributed by atoms with Crippen molar-refractivity contribution in [2.45, 2.75) is 23.6 Å². The second kappa shape index (κ2) is 11.1. The maximum absolute atomic E-state index is 12.8. The van der Waals surface area contributed by atoms with Crippen LogP contribution in [-0.2, 0) is 19.9 Å². The molecule has 0 bridgehead atoms. The van der Waals surface area contributed by atoms with Gasteiger partial charge < -0.3 is 9.80 Å². The lowest BCUT2D eigenvalue weighted by Gasteiger charge is -2.38. The van der Waals surface area contributed by atoms with E-state index < -0.39 is 19.9 Å². The molecule has 1 fully saturated rings. The topological polar surface area (TPSA) is 87.1 Å². The molecule has 1 saturated heterocycles. The normalized spacial score (nSPS) is 16.1. The average molecular weight is 545 g/mol. The average Bonchev–Trinajstić information content (AvgIpc) is 2.82. The minimum Gasteiger partial charge on any atom is -0.370 e. The Bertz CT molecular complexity index is 1170. The van der Waals surface area contributed by atoms with E-state index >= 15 is 0 Å². The number of hydrogen-bond acceptors (Lipinski definition) is 5. The van der Waals surface area contributed by atoms with Gasteiger partial charge in [0.1, 0.15) is 5.84 Å². The molecule has 1 heterocycles. The Morgan fingerprint density at radius 3 is 1.74 bits per heavy atom. The summed E-state index contributed by atoms with van der Waals surface area (Å²) in [5, 5.41) is 1.21. The van der Waals surface area contributed by atoms with Crippen LogP contribution >= 0.6 is 23.2 Å². The molecule has 3 rings (SSSR count). The summed E-state index contributed by atoms with van der Waals surface area (Å²) in [6.45, 7) is 5.51. The summed E-state index contributed by atoms with van der Waals surface area (Å²) in [6, 6.07) is 13.1. The molecule has 1 aliphatic heterocycles. The monoisotopic (exact) mass is 543 g/mol. The predicted octanol–water partition coefficient (Wildman–Crippen LogP) is 3.80. The molecule has 184 valence electrons. The largest absolute Gasteiger partial charge is 0.370 e. The molecular weight excluding hydrogens is 517 g/mol. The summed E-state index contributed by atoms with van der Waals surface area (Å²) in [5.41, 5.74) is 2.40. The molecule has 1 aliphatic rings. The Kier molecular flexibility index (Phi) is 8.67. The third-order valence-corrected chi connectivity index (χ3v) is 8.84. The molecule has 0 aliphatic carbocycles. The van der Waals surface area contributed by atoms with E-state index in [1.165, 1.54) is 17.5 Å². The van der Waals surface area contributed by atoms with E-state index in [0.29, 0.717) is 31.9 Å². The maximum atomic E-state index is 12.8. The summed E-state index contributed by atoms with van der Waals surface area (Å²) >= 11 is 12.1. The van der Waals surface area contributed by atoms with Gasteiger partial charge in [-0.25, -0.2) is 8.42 Å². The zero-order valence-corrected chi connectivity index (χ0v) is 22.1. The molecule has 0 atom stereocenters. The Morgan fingerprint density at radius 2 is 1.26 bits per heavy atom. The molecule has 0 unspecified atom stereocenters. The summed E-state index contributed by atoms with van der Waals surface area (Å²) in [7, 11) is -7.55. The quantitative estimate of drug-likeness (QED) is 0.300. The van der Waals surface area contributed by atoms with Gasteiger partial charge in [-0.15, -0.1) is 27.6 Å². The smallest absolute Gasteiger partial charge is 0.283 e. The van der Waals surface area contributed by atoms with Crippen LogP contribution < -0.4 is 0 Å². The highest BCUT2D eigenvalue weighted by atomic mass is 35.5. The number of piperazine rings is 1. The van der Waals surface area contributed by atoms with E-state index in [4.69, 9.17) is 23.2 Å². The molecule has 0 saturated carbocycles. The Balaban J connectivity index is 1.74. The number of aryl methyl sites for hydroxylation is 2. The highest BCUT2D eigenvalue weighted by molar-refractivity contribution is 7.94. The molecule has 11 heteroatoms. The van der Waals surface area contributed by atoms with Crippen LogP contribution in [0, 0.1) is 13.8 Å². The SMILES string of the molecule is Cc1ccc(S(=O)(=O)/C=C(\CCl)N2CCN(/C(CCl)=N/S(=O)(=O)c3ccc(C)cc3)CC2)cc1.